The standard InChI is InChI=1S/C15H23NO3/c1-11(15(17)19-4)12(2)16-9-13-7-5-6-8-14(13)10-18-3/h5-8,11-12,16H,9-10H2,1-4H3. The van der Waals surface area contributed by atoms with Gasteiger partial charge in [-0.05, 0) is 18.1 Å². The normalized spacial score (nSPS) is 13.9. The van der Waals surface area contributed by atoms with Gasteiger partial charge in [0.1, 0.15) is 0 Å². The van der Waals surface area contributed by atoms with Gasteiger partial charge < -0.3 is 14.8 Å². The van der Waals surface area contributed by atoms with Crippen LogP contribution in [0.3, 0.4) is 0 Å². The van der Waals surface area contributed by atoms with Crippen molar-refractivity contribution in [1.29, 1.82) is 0 Å². The molecule has 0 aromatic heterocycles. The van der Waals surface area contributed by atoms with Crippen LogP contribution in [0.2, 0.25) is 0 Å². The molecule has 1 aromatic carbocycles. The van der Waals surface area contributed by atoms with Crippen LogP contribution in [-0.4, -0.2) is 26.2 Å². The minimum atomic E-state index is -0.190. The molecule has 0 fully saturated rings. The van der Waals surface area contributed by atoms with Crippen molar-refractivity contribution in [2.24, 2.45) is 5.92 Å². The van der Waals surface area contributed by atoms with Gasteiger partial charge in [0.2, 0.25) is 0 Å². The summed E-state index contributed by atoms with van der Waals surface area (Å²) in [6, 6.07) is 8.18. The number of ether oxygens (including phenoxy) is 2. The fraction of sp³-hybridized carbons (Fsp3) is 0.533. The van der Waals surface area contributed by atoms with Gasteiger partial charge in [-0.25, -0.2) is 0 Å². The summed E-state index contributed by atoms with van der Waals surface area (Å²) in [5.41, 5.74) is 2.35. The fourth-order valence-corrected chi connectivity index (χ4v) is 1.86. The van der Waals surface area contributed by atoms with Crippen molar-refractivity contribution in [3.8, 4) is 0 Å². The zero-order valence-electron chi connectivity index (χ0n) is 12.1. The lowest BCUT2D eigenvalue weighted by Crippen LogP contribution is -2.36. The average Bonchev–Trinajstić information content (AvgIpc) is 2.44. The van der Waals surface area contributed by atoms with Crippen molar-refractivity contribution in [3.63, 3.8) is 0 Å². The number of carbonyl (C=O) groups is 1. The summed E-state index contributed by atoms with van der Waals surface area (Å²) in [5, 5.41) is 3.36. The van der Waals surface area contributed by atoms with Crippen LogP contribution >= 0.6 is 0 Å². The Kier molecular flexibility index (Phi) is 6.53. The van der Waals surface area contributed by atoms with Crippen LogP contribution < -0.4 is 5.32 Å². The Labute approximate surface area is 115 Å². The van der Waals surface area contributed by atoms with Crippen molar-refractivity contribution in [2.75, 3.05) is 14.2 Å². The summed E-state index contributed by atoms with van der Waals surface area (Å²) >= 11 is 0. The first-order valence-electron chi connectivity index (χ1n) is 6.47. The number of benzene rings is 1. The summed E-state index contributed by atoms with van der Waals surface area (Å²) in [6.07, 6.45) is 0. The molecule has 106 valence electrons. The van der Waals surface area contributed by atoms with E-state index in [1.54, 1.807) is 7.11 Å². The van der Waals surface area contributed by atoms with E-state index in [9.17, 15) is 4.79 Å². The number of methoxy groups -OCH3 is 2. The predicted octanol–water partition coefficient (Wildman–Crippen LogP) is 2.12. The molecule has 2 unspecified atom stereocenters. The van der Waals surface area contributed by atoms with E-state index in [2.05, 4.69) is 17.4 Å². The molecule has 0 bridgehead atoms. The van der Waals surface area contributed by atoms with Crippen molar-refractivity contribution in [3.05, 3.63) is 35.4 Å². The highest BCUT2D eigenvalue weighted by molar-refractivity contribution is 5.72. The molecule has 1 N–H and O–H groups in total. The quantitative estimate of drug-likeness (QED) is 0.767. The van der Waals surface area contributed by atoms with Gasteiger partial charge in [-0.1, -0.05) is 31.2 Å². The van der Waals surface area contributed by atoms with E-state index in [-0.39, 0.29) is 17.9 Å². The molecule has 0 radical (unpaired) electrons. The van der Waals surface area contributed by atoms with E-state index in [0.29, 0.717) is 13.2 Å². The molecule has 19 heavy (non-hydrogen) atoms. The minimum absolute atomic E-state index is 0.0584. The van der Waals surface area contributed by atoms with Gasteiger partial charge in [0.05, 0.1) is 19.6 Å². The Morgan fingerprint density at radius 2 is 1.84 bits per heavy atom. The number of esters is 1. The zero-order valence-corrected chi connectivity index (χ0v) is 12.1. The SMILES string of the molecule is COCc1ccccc1CNC(C)C(C)C(=O)OC. The molecule has 2 atom stereocenters. The first kappa shape index (κ1) is 15.7. The average molecular weight is 265 g/mol. The molecule has 0 aliphatic heterocycles. The first-order valence-corrected chi connectivity index (χ1v) is 6.47. The van der Waals surface area contributed by atoms with Gasteiger partial charge in [0.25, 0.3) is 0 Å². The highest BCUT2D eigenvalue weighted by Crippen LogP contribution is 2.11. The smallest absolute Gasteiger partial charge is 0.309 e. The Balaban J connectivity index is 2.59. The summed E-state index contributed by atoms with van der Waals surface area (Å²) in [6.45, 7) is 5.16. The molecule has 0 aliphatic rings. The molecule has 1 aromatic rings. The van der Waals surface area contributed by atoms with Crippen molar-refractivity contribution in [1.82, 2.24) is 5.32 Å². The molecule has 0 amide bonds. The molecule has 0 heterocycles. The molecule has 0 spiro atoms. The lowest BCUT2D eigenvalue weighted by atomic mass is 10.0. The highest BCUT2D eigenvalue weighted by Gasteiger charge is 2.20. The second kappa shape index (κ2) is 7.92. The number of nitrogens with one attached hydrogen (secondary N) is 1. The van der Waals surface area contributed by atoms with E-state index >= 15 is 0 Å². The topological polar surface area (TPSA) is 47.6 Å². The van der Waals surface area contributed by atoms with E-state index < -0.39 is 0 Å². The van der Waals surface area contributed by atoms with Gasteiger partial charge in [-0.15, -0.1) is 0 Å². The van der Waals surface area contributed by atoms with Crippen molar-refractivity contribution < 1.29 is 14.3 Å². The van der Waals surface area contributed by atoms with Crippen LogP contribution in [0.4, 0.5) is 0 Å². The summed E-state index contributed by atoms with van der Waals surface area (Å²) in [7, 11) is 3.10. The maximum Gasteiger partial charge on any atom is 0.309 e. The van der Waals surface area contributed by atoms with E-state index in [1.807, 2.05) is 26.0 Å². The third-order valence-electron chi connectivity index (χ3n) is 3.36. The van der Waals surface area contributed by atoms with Crippen molar-refractivity contribution >= 4 is 5.97 Å². The number of rotatable bonds is 7. The van der Waals surface area contributed by atoms with Gasteiger partial charge in [0, 0.05) is 19.7 Å². The number of hydrogen-bond acceptors (Lipinski definition) is 4. The summed E-state index contributed by atoms with van der Waals surface area (Å²) in [5.74, 6) is -0.357. The Morgan fingerprint density at radius 1 is 1.21 bits per heavy atom. The first-order chi connectivity index (χ1) is 9.10. The largest absolute Gasteiger partial charge is 0.469 e. The lowest BCUT2D eigenvalue weighted by molar-refractivity contribution is -0.145. The van der Waals surface area contributed by atoms with E-state index in [1.165, 1.54) is 12.7 Å². The maximum atomic E-state index is 11.5. The fourth-order valence-electron chi connectivity index (χ4n) is 1.86. The molecule has 1 rings (SSSR count). The lowest BCUT2D eigenvalue weighted by Gasteiger charge is -2.20. The van der Waals surface area contributed by atoms with E-state index in [0.717, 1.165) is 5.56 Å². The molecule has 0 saturated heterocycles. The van der Waals surface area contributed by atoms with Crippen LogP contribution in [0, 0.1) is 5.92 Å². The monoisotopic (exact) mass is 265 g/mol. The zero-order chi connectivity index (χ0) is 14.3. The summed E-state index contributed by atoms with van der Waals surface area (Å²) in [4.78, 5) is 11.5. The third kappa shape index (κ3) is 4.65. The van der Waals surface area contributed by atoms with Crippen LogP contribution in [0.5, 0.6) is 0 Å². The van der Waals surface area contributed by atoms with Gasteiger partial charge >= 0.3 is 5.97 Å². The summed E-state index contributed by atoms with van der Waals surface area (Å²) < 4.78 is 9.93. The molecule has 4 nitrogen and oxygen atoms in total. The van der Waals surface area contributed by atoms with Crippen molar-refractivity contribution in [2.45, 2.75) is 33.0 Å². The Hall–Kier alpha value is -1.39. The van der Waals surface area contributed by atoms with Crippen LogP contribution in [-0.2, 0) is 27.4 Å². The van der Waals surface area contributed by atoms with Crippen LogP contribution in [0.15, 0.2) is 24.3 Å². The number of carbonyl (C=O) groups excluding carboxylic acids is 1. The Bertz CT molecular complexity index is 406. The second-order valence-electron chi connectivity index (χ2n) is 4.68. The predicted molar refractivity (Wildman–Crippen MR) is 74.6 cm³/mol. The molecule has 0 aliphatic carbocycles. The Morgan fingerprint density at radius 3 is 2.42 bits per heavy atom. The molecular formula is C15H23NO3. The minimum Gasteiger partial charge on any atom is -0.469 e. The van der Waals surface area contributed by atoms with Crippen LogP contribution in [0.1, 0.15) is 25.0 Å². The van der Waals surface area contributed by atoms with Gasteiger partial charge in [0.15, 0.2) is 0 Å². The molecule has 4 heteroatoms. The number of hydrogen-bond donors (Lipinski definition) is 1. The van der Waals surface area contributed by atoms with E-state index in [4.69, 9.17) is 9.47 Å². The van der Waals surface area contributed by atoms with Crippen LogP contribution in [0.25, 0.3) is 0 Å². The second-order valence-corrected chi connectivity index (χ2v) is 4.68. The third-order valence-corrected chi connectivity index (χ3v) is 3.36. The highest BCUT2D eigenvalue weighted by atomic mass is 16.5. The van der Waals surface area contributed by atoms with Gasteiger partial charge in [-0.3, -0.25) is 4.79 Å². The van der Waals surface area contributed by atoms with Gasteiger partial charge in [-0.2, -0.15) is 0 Å². The maximum absolute atomic E-state index is 11.5. The molecule has 0 saturated carbocycles. The molecular weight excluding hydrogens is 242 g/mol.